The molecule has 0 bridgehead atoms. The van der Waals surface area contributed by atoms with Crippen LogP contribution in [0.4, 0.5) is 0 Å². The van der Waals surface area contributed by atoms with E-state index in [-0.39, 0.29) is 11.8 Å². The van der Waals surface area contributed by atoms with Crippen LogP contribution >= 0.6 is 0 Å². The number of nitrogens with one attached hydrogen (secondary N) is 2. The van der Waals surface area contributed by atoms with Crippen LogP contribution < -0.4 is 5.32 Å². The Morgan fingerprint density at radius 1 is 1.32 bits per heavy atom. The second-order valence-electron chi connectivity index (χ2n) is 6.33. The zero-order valence-corrected chi connectivity index (χ0v) is 14.1. The maximum absolute atomic E-state index is 12.7. The maximum atomic E-state index is 12.7. The van der Waals surface area contributed by atoms with E-state index in [2.05, 4.69) is 30.3 Å². The van der Waals surface area contributed by atoms with Gasteiger partial charge in [-0.15, -0.1) is 10.2 Å². The van der Waals surface area contributed by atoms with E-state index in [4.69, 9.17) is 0 Å². The number of rotatable bonds is 4. The van der Waals surface area contributed by atoms with Crippen molar-refractivity contribution >= 4 is 5.91 Å². The van der Waals surface area contributed by atoms with Gasteiger partial charge < -0.3 is 9.88 Å². The number of aryl methyl sites for hydroxylation is 1. The molecule has 1 atom stereocenters. The van der Waals surface area contributed by atoms with Crippen LogP contribution in [0.1, 0.15) is 35.8 Å². The number of amides is 1. The molecule has 1 aliphatic heterocycles. The third-order valence-electron chi connectivity index (χ3n) is 4.70. The van der Waals surface area contributed by atoms with Gasteiger partial charge in [-0.3, -0.25) is 9.89 Å². The monoisotopic (exact) mass is 336 g/mol. The van der Waals surface area contributed by atoms with Gasteiger partial charge in [0.2, 0.25) is 5.91 Å². The normalized spacial score (nSPS) is 16.4. The zero-order valence-electron chi connectivity index (χ0n) is 14.1. The second-order valence-corrected chi connectivity index (χ2v) is 6.33. The molecule has 1 aromatic carbocycles. The summed E-state index contributed by atoms with van der Waals surface area (Å²) in [6, 6.07) is 9.98. The molecule has 3 heterocycles. The molecule has 7 nitrogen and oxygen atoms in total. The van der Waals surface area contributed by atoms with Gasteiger partial charge in [-0.2, -0.15) is 5.10 Å². The molecular weight excluding hydrogens is 316 g/mol. The van der Waals surface area contributed by atoms with Gasteiger partial charge in [0.15, 0.2) is 5.82 Å². The van der Waals surface area contributed by atoms with Crippen molar-refractivity contribution in [2.75, 3.05) is 0 Å². The van der Waals surface area contributed by atoms with Gasteiger partial charge in [-0.05, 0) is 19.8 Å². The summed E-state index contributed by atoms with van der Waals surface area (Å²) < 4.78 is 2.08. The van der Waals surface area contributed by atoms with Gasteiger partial charge in [0.1, 0.15) is 5.82 Å². The van der Waals surface area contributed by atoms with Gasteiger partial charge in [-0.1, -0.05) is 30.3 Å². The molecule has 128 valence electrons. The number of H-pyrrole nitrogens is 1. The minimum Gasteiger partial charge on any atom is -0.351 e. The average molecular weight is 336 g/mol. The van der Waals surface area contributed by atoms with Crippen molar-refractivity contribution in [2.24, 2.45) is 0 Å². The van der Waals surface area contributed by atoms with Crippen molar-refractivity contribution in [1.29, 1.82) is 0 Å². The van der Waals surface area contributed by atoms with Crippen LogP contribution in [0.5, 0.6) is 0 Å². The number of hydrogen-bond donors (Lipinski definition) is 2. The first-order valence-electron chi connectivity index (χ1n) is 8.49. The van der Waals surface area contributed by atoms with Gasteiger partial charge in [0.25, 0.3) is 0 Å². The molecule has 2 aromatic heterocycles. The van der Waals surface area contributed by atoms with Gasteiger partial charge >= 0.3 is 0 Å². The van der Waals surface area contributed by atoms with E-state index in [0.29, 0.717) is 6.54 Å². The van der Waals surface area contributed by atoms with Crippen LogP contribution in [0.15, 0.2) is 36.5 Å². The maximum Gasteiger partial charge on any atom is 0.231 e. The van der Waals surface area contributed by atoms with E-state index in [1.165, 1.54) is 0 Å². The van der Waals surface area contributed by atoms with E-state index in [0.717, 1.165) is 47.9 Å². The molecule has 0 aliphatic carbocycles. The summed E-state index contributed by atoms with van der Waals surface area (Å²) in [6.45, 7) is 3.26. The highest BCUT2D eigenvalue weighted by molar-refractivity contribution is 5.83. The van der Waals surface area contributed by atoms with E-state index in [9.17, 15) is 4.79 Å². The fourth-order valence-corrected chi connectivity index (χ4v) is 3.28. The van der Waals surface area contributed by atoms with Crippen LogP contribution in [0.3, 0.4) is 0 Å². The SMILES string of the molecule is Cc1[nH]ncc1CNC(=O)C1CCCn2c(-c3ccccc3)nnc21. The van der Waals surface area contributed by atoms with Crippen LogP contribution in [0.2, 0.25) is 0 Å². The Balaban J connectivity index is 1.55. The molecule has 3 aromatic rings. The Morgan fingerprint density at radius 3 is 2.92 bits per heavy atom. The number of nitrogens with zero attached hydrogens (tertiary/aromatic N) is 4. The molecule has 0 fully saturated rings. The van der Waals surface area contributed by atoms with E-state index in [1.54, 1.807) is 6.20 Å². The lowest BCUT2D eigenvalue weighted by Crippen LogP contribution is -2.33. The Labute approximate surface area is 145 Å². The van der Waals surface area contributed by atoms with Crippen molar-refractivity contribution in [3.8, 4) is 11.4 Å². The second kappa shape index (κ2) is 6.51. The largest absolute Gasteiger partial charge is 0.351 e. The Morgan fingerprint density at radius 2 is 2.16 bits per heavy atom. The first-order chi connectivity index (χ1) is 12.2. The van der Waals surface area contributed by atoms with E-state index >= 15 is 0 Å². The zero-order chi connectivity index (χ0) is 17.2. The predicted molar refractivity (Wildman–Crippen MR) is 92.6 cm³/mol. The third-order valence-corrected chi connectivity index (χ3v) is 4.70. The number of hydrogen-bond acceptors (Lipinski definition) is 4. The summed E-state index contributed by atoms with van der Waals surface area (Å²) in [5.74, 6) is 1.32. The highest BCUT2D eigenvalue weighted by atomic mass is 16.1. The molecule has 0 radical (unpaired) electrons. The summed E-state index contributed by atoms with van der Waals surface area (Å²) in [7, 11) is 0. The number of carbonyl (C=O) groups excluding carboxylic acids is 1. The predicted octanol–water partition coefficient (Wildman–Crippen LogP) is 2.17. The van der Waals surface area contributed by atoms with Crippen LogP contribution in [0, 0.1) is 6.92 Å². The van der Waals surface area contributed by atoms with Gasteiger partial charge in [-0.25, -0.2) is 0 Å². The quantitative estimate of drug-likeness (QED) is 0.764. The molecule has 4 rings (SSSR count). The fourth-order valence-electron chi connectivity index (χ4n) is 3.28. The molecule has 0 saturated carbocycles. The lowest BCUT2D eigenvalue weighted by molar-refractivity contribution is -0.123. The number of aromatic nitrogens is 5. The molecule has 7 heteroatoms. The first-order valence-corrected chi connectivity index (χ1v) is 8.49. The standard InChI is InChI=1S/C18H20N6O/c1-12-14(11-20-21-12)10-19-18(25)15-8-5-9-24-16(22-23-17(15)24)13-6-3-2-4-7-13/h2-4,6-7,11,15H,5,8-10H2,1H3,(H,19,25)(H,20,21). The molecule has 1 aliphatic rings. The Hall–Kier alpha value is -2.96. The number of carbonyl (C=O) groups is 1. The highest BCUT2D eigenvalue weighted by Crippen LogP contribution is 2.30. The molecule has 25 heavy (non-hydrogen) atoms. The molecule has 2 N–H and O–H groups in total. The van der Waals surface area contributed by atoms with Crippen molar-refractivity contribution in [2.45, 2.75) is 38.8 Å². The summed E-state index contributed by atoms with van der Waals surface area (Å²) in [5.41, 5.74) is 2.99. The number of aromatic amines is 1. The number of benzene rings is 1. The summed E-state index contributed by atoms with van der Waals surface area (Å²) in [5, 5.41) is 18.5. The summed E-state index contributed by atoms with van der Waals surface area (Å²) >= 11 is 0. The third kappa shape index (κ3) is 2.93. The van der Waals surface area contributed by atoms with Gasteiger partial charge in [0.05, 0.1) is 12.1 Å². The van der Waals surface area contributed by atoms with Gasteiger partial charge in [0, 0.05) is 29.9 Å². The fraction of sp³-hybridized carbons (Fsp3) is 0.333. The molecule has 1 unspecified atom stereocenters. The minimum absolute atomic E-state index is 0.00596. The average Bonchev–Trinajstić information content (AvgIpc) is 3.26. The highest BCUT2D eigenvalue weighted by Gasteiger charge is 2.31. The number of fused-ring (bicyclic) bond motifs is 1. The lowest BCUT2D eigenvalue weighted by Gasteiger charge is -2.23. The Bertz CT molecular complexity index is 882. The first kappa shape index (κ1) is 15.6. The molecule has 0 spiro atoms. The van der Waals surface area contributed by atoms with Crippen molar-refractivity contribution in [3.05, 3.63) is 53.6 Å². The van der Waals surface area contributed by atoms with Crippen LogP contribution in [-0.4, -0.2) is 30.9 Å². The van der Waals surface area contributed by atoms with Crippen molar-refractivity contribution in [3.63, 3.8) is 0 Å². The van der Waals surface area contributed by atoms with E-state index in [1.807, 2.05) is 37.3 Å². The van der Waals surface area contributed by atoms with Crippen molar-refractivity contribution in [1.82, 2.24) is 30.3 Å². The van der Waals surface area contributed by atoms with Crippen molar-refractivity contribution < 1.29 is 4.79 Å². The van der Waals surface area contributed by atoms with Crippen LogP contribution in [0.25, 0.3) is 11.4 Å². The lowest BCUT2D eigenvalue weighted by atomic mass is 9.97. The molecule has 1 amide bonds. The summed E-state index contributed by atoms with van der Waals surface area (Å²) in [4.78, 5) is 12.7. The molecular formula is C18H20N6O. The van der Waals surface area contributed by atoms with E-state index < -0.39 is 0 Å². The minimum atomic E-state index is -0.258. The summed E-state index contributed by atoms with van der Waals surface area (Å²) in [6.07, 6.45) is 3.48. The smallest absolute Gasteiger partial charge is 0.231 e. The molecule has 0 saturated heterocycles. The Kier molecular flexibility index (Phi) is 4.05. The topological polar surface area (TPSA) is 88.5 Å². The van der Waals surface area contributed by atoms with Crippen LogP contribution in [-0.2, 0) is 17.9 Å².